The van der Waals surface area contributed by atoms with Crippen LogP contribution in [-0.2, 0) is 4.79 Å². The van der Waals surface area contributed by atoms with E-state index in [2.05, 4.69) is 0 Å². The lowest BCUT2D eigenvalue weighted by Crippen LogP contribution is -2.30. The van der Waals surface area contributed by atoms with Crippen molar-refractivity contribution in [2.24, 2.45) is 0 Å². The molecule has 0 atom stereocenters. The number of nitrogens with zero attached hydrogens (tertiary/aromatic N) is 1. The third-order valence-electron chi connectivity index (χ3n) is 2.30. The fourth-order valence-electron chi connectivity index (χ4n) is 1.40. The van der Waals surface area contributed by atoms with Crippen LogP contribution >= 0.6 is 0 Å². The minimum atomic E-state index is -5.07. The third-order valence-corrected chi connectivity index (χ3v) is 2.30. The molecule has 0 radical (unpaired) electrons. The summed E-state index contributed by atoms with van der Waals surface area (Å²) in [6.07, 6.45) is -5.07. The van der Waals surface area contributed by atoms with Crippen molar-refractivity contribution in [3.8, 4) is 5.75 Å². The first-order valence-corrected chi connectivity index (χ1v) is 4.88. The van der Waals surface area contributed by atoms with E-state index in [1.165, 1.54) is 14.0 Å². The zero-order valence-corrected chi connectivity index (χ0v) is 9.87. The summed E-state index contributed by atoms with van der Waals surface area (Å²) in [5.74, 6) is -2.30. The Morgan fingerprint density at radius 2 is 2.00 bits per heavy atom. The number of nitro groups is 1. The number of hydrogen-bond acceptors (Lipinski definition) is 4. The predicted octanol–water partition coefficient (Wildman–Crippen LogP) is 2.41. The quantitative estimate of drug-likeness (QED) is 0.680. The Hall–Kier alpha value is -2.32. The van der Waals surface area contributed by atoms with Crippen molar-refractivity contribution in [3.05, 3.63) is 27.8 Å². The van der Waals surface area contributed by atoms with Crippen LogP contribution in [0, 0.1) is 17.0 Å². The van der Waals surface area contributed by atoms with Crippen molar-refractivity contribution in [1.29, 1.82) is 0 Å². The molecule has 1 aromatic carbocycles. The summed E-state index contributed by atoms with van der Waals surface area (Å²) in [4.78, 5) is 20.8. The number of anilines is 1. The first kappa shape index (κ1) is 14.7. The van der Waals surface area contributed by atoms with Crippen LogP contribution in [0.1, 0.15) is 5.56 Å². The molecule has 1 amide bonds. The molecule has 19 heavy (non-hydrogen) atoms. The van der Waals surface area contributed by atoms with Crippen LogP contribution in [0.2, 0.25) is 0 Å². The van der Waals surface area contributed by atoms with Crippen molar-refractivity contribution in [1.82, 2.24) is 0 Å². The Bertz CT molecular complexity index is 528. The Kier molecular flexibility index (Phi) is 3.98. The van der Waals surface area contributed by atoms with E-state index in [0.717, 1.165) is 12.1 Å². The highest BCUT2D eigenvalue weighted by Gasteiger charge is 2.39. The lowest BCUT2D eigenvalue weighted by Gasteiger charge is -2.12. The number of halogens is 3. The number of ether oxygens (including phenoxy) is 1. The van der Waals surface area contributed by atoms with Gasteiger partial charge in [0.1, 0.15) is 0 Å². The van der Waals surface area contributed by atoms with E-state index < -0.39 is 22.7 Å². The largest absolute Gasteiger partial charge is 0.490 e. The highest BCUT2D eigenvalue weighted by atomic mass is 19.4. The van der Waals surface area contributed by atoms with Gasteiger partial charge in [-0.2, -0.15) is 13.2 Å². The van der Waals surface area contributed by atoms with Crippen molar-refractivity contribution in [3.63, 3.8) is 0 Å². The molecule has 0 aromatic heterocycles. The van der Waals surface area contributed by atoms with Crippen LogP contribution in [0.3, 0.4) is 0 Å². The number of carbonyl (C=O) groups is 1. The van der Waals surface area contributed by atoms with Gasteiger partial charge in [-0.15, -0.1) is 0 Å². The number of benzene rings is 1. The molecule has 1 N–H and O–H groups in total. The molecule has 1 aromatic rings. The van der Waals surface area contributed by atoms with Gasteiger partial charge < -0.3 is 10.1 Å². The topological polar surface area (TPSA) is 81.5 Å². The van der Waals surface area contributed by atoms with Crippen LogP contribution in [0.25, 0.3) is 0 Å². The molecule has 0 saturated heterocycles. The van der Waals surface area contributed by atoms with Gasteiger partial charge in [-0.25, -0.2) is 0 Å². The molecule has 0 fully saturated rings. The van der Waals surface area contributed by atoms with E-state index >= 15 is 0 Å². The van der Waals surface area contributed by atoms with Gasteiger partial charge in [-0.1, -0.05) is 0 Å². The molecule has 0 saturated carbocycles. The molecule has 0 aliphatic carbocycles. The maximum atomic E-state index is 12.1. The van der Waals surface area contributed by atoms with Crippen LogP contribution in [0.15, 0.2) is 12.1 Å². The highest BCUT2D eigenvalue weighted by molar-refractivity contribution is 5.96. The smallest absolute Gasteiger partial charge is 0.471 e. The molecule has 0 bridgehead atoms. The molecular weight excluding hydrogens is 269 g/mol. The van der Waals surface area contributed by atoms with Crippen molar-refractivity contribution >= 4 is 17.3 Å². The molecule has 0 heterocycles. The first-order valence-electron chi connectivity index (χ1n) is 4.88. The van der Waals surface area contributed by atoms with Gasteiger partial charge in [0.15, 0.2) is 5.75 Å². The molecule has 9 heteroatoms. The lowest BCUT2D eigenvalue weighted by atomic mass is 10.1. The lowest BCUT2D eigenvalue weighted by molar-refractivity contribution is -0.386. The summed E-state index contributed by atoms with van der Waals surface area (Å²) in [5.41, 5.74) is -0.917. The molecule has 0 unspecified atom stereocenters. The molecular formula is C10H9F3N2O4. The van der Waals surface area contributed by atoms with Gasteiger partial charge in [-0.3, -0.25) is 14.9 Å². The van der Waals surface area contributed by atoms with Crippen molar-refractivity contribution < 1.29 is 27.6 Å². The minimum absolute atomic E-state index is 0.104. The summed E-state index contributed by atoms with van der Waals surface area (Å²) >= 11 is 0. The highest BCUT2D eigenvalue weighted by Crippen LogP contribution is 2.35. The van der Waals surface area contributed by atoms with E-state index in [-0.39, 0.29) is 17.0 Å². The van der Waals surface area contributed by atoms with E-state index in [1.54, 1.807) is 5.32 Å². The first-order chi connectivity index (χ1) is 8.68. The number of hydrogen-bond donors (Lipinski definition) is 1. The Morgan fingerprint density at radius 1 is 1.42 bits per heavy atom. The predicted molar refractivity (Wildman–Crippen MR) is 59.1 cm³/mol. The van der Waals surface area contributed by atoms with Crippen LogP contribution < -0.4 is 10.1 Å². The molecule has 6 nitrogen and oxygen atoms in total. The van der Waals surface area contributed by atoms with E-state index in [4.69, 9.17) is 4.74 Å². The number of alkyl halides is 3. The number of amides is 1. The second-order valence-corrected chi connectivity index (χ2v) is 3.50. The average molecular weight is 278 g/mol. The van der Waals surface area contributed by atoms with Crippen molar-refractivity contribution in [2.45, 2.75) is 13.1 Å². The third kappa shape index (κ3) is 3.12. The number of rotatable bonds is 3. The summed E-state index contributed by atoms with van der Waals surface area (Å²) in [6, 6.07) is 2.21. The second kappa shape index (κ2) is 5.12. The Balaban J connectivity index is 3.22. The molecule has 1 rings (SSSR count). The standard InChI is InChI=1S/C10H9F3N2O4/c1-5-6(14-9(16)10(11,12)13)3-4-7(19-2)8(5)15(17)18/h3-4H,1-2H3,(H,14,16). The summed E-state index contributed by atoms with van der Waals surface area (Å²) in [5, 5.41) is 12.4. The summed E-state index contributed by atoms with van der Waals surface area (Å²) in [7, 11) is 1.19. The molecule has 0 aliphatic heterocycles. The SMILES string of the molecule is COc1ccc(NC(=O)C(F)(F)F)c(C)c1[N+](=O)[O-]. The van der Waals surface area contributed by atoms with Crippen molar-refractivity contribution in [2.75, 3.05) is 12.4 Å². The second-order valence-electron chi connectivity index (χ2n) is 3.50. The average Bonchev–Trinajstić information content (AvgIpc) is 2.29. The Labute approximate surface area is 105 Å². The summed E-state index contributed by atoms with van der Waals surface area (Å²) < 4.78 is 41.0. The fraction of sp³-hybridized carbons (Fsp3) is 0.300. The number of methoxy groups -OCH3 is 1. The normalized spacial score (nSPS) is 11.0. The van der Waals surface area contributed by atoms with Gasteiger partial charge in [0.2, 0.25) is 0 Å². The van der Waals surface area contributed by atoms with Gasteiger partial charge in [-0.05, 0) is 19.1 Å². The number of nitrogens with one attached hydrogen (secondary N) is 1. The van der Waals surface area contributed by atoms with E-state index in [0.29, 0.717) is 0 Å². The number of carbonyl (C=O) groups excluding carboxylic acids is 1. The van der Waals surface area contributed by atoms with E-state index in [1.807, 2.05) is 0 Å². The van der Waals surface area contributed by atoms with E-state index in [9.17, 15) is 28.1 Å². The zero-order chi connectivity index (χ0) is 14.8. The van der Waals surface area contributed by atoms with Gasteiger partial charge >= 0.3 is 17.8 Å². The Morgan fingerprint density at radius 3 is 2.42 bits per heavy atom. The number of nitro benzene ring substituents is 1. The molecule has 0 spiro atoms. The maximum absolute atomic E-state index is 12.1. The van der Waals surface area contributed by atoms with Gasteiger partial charge in [0, 0.05) is 0 Å². The monoisotopic (exact) mass is 278 g/mol. The zero-order valence-electron chi connectivity index (χ0n) is 9.87. The van der Waals surface area contributed by atoms with Crippen LogP contribution in [0.4, 0.5) is 24.5 Å². The summed E-state index contributed by atoms with van der Waals surface area (Å²) in [6.45, 7) is 1.21. The maximum Gasteiger partial charge on any atom is 0.471 e. The van der Waals surface area contributed by atoms with Crippen LogP contribution in [-0.4, -0.2) is 24.1 Å². The fourth-order valence-corrected chi connectivity index (χ4v) is 1.40. The van der Waals surface area contributed by atoms with Crippen LogP contribution in [0.5, 0.6) is 5.75 Å². The molecule has 0 aliphatic rings. The van der Waals surface area contributed by atoms with Gasteiger partial charge in [0.25, 0.3) is 0 Å². The molecule has 104 valence electrons. The van der Waals surface area contributed by atoms with Gasteiger partial charge in [0.05, 0.1) is 23.3 Å². The minimum Gasteiger partial charge on any atom is -0.490 e.